The Morgan fingerprint density at radius 2 is 2.28 bits per heavy atom. The Kier molecular flexibility index (Phi) is 3.81. The lowest BCUT2D eigenvalue weighted by molar-refractivity contribution is 0.0919. The summed E-state index contributed by atoms with van der Waals surface area (Å²) < 4.78 is 0. The van der Waals surface area contributed by atoms with Gasteiger partial charge in [-0.05, 0) is 37.4 Å². The Hall–Kier alpha value is -1.62. The van der Waals surface area contributed by atoms with Crippen molar-refractivity contribution in [1.29, 1.82) is 0 Å². The zero-order valence-electron chi connectivity index (χ0n) is 10.6. The standard InChI is InChI=1S/C13H19N3O2/c1-13(3-6-14-7-4-13)9-16-12(18)10-2-5-15-8-11(10)17/h2,5,8,14,17H,3-4,6-7,9H2,1H3,(H,16,18). The number of aromatic hydroxyl groups is 1. The minimum absolute atomic E-state index is 0.0783. The maximum atomic E-state index is 11.9. The van der Waals surface area contributed by atoms with Crippen LogP contribution in [0, 0.1) is 5.41 Å². The third-order valence-corrected chi connectivity index (χ3v) is 3.53. The van der Waals surface area contributed by atoms with E-state index in [9.17, 15) is 9.90 Å². The molecule has 0 radical (unpaired) electrons. The minimum atomic E-state index is -0.241. The van der Waals surface area contributed by atoms with Gasteiger partial charge in [0.05, 0.1) is 11.8 Å². The molecule has 0 atom stereocenters. The van der Waals surface area contributed by atoms with Gasteiger partial charge < -0.3 is 15.7 Å². The first-order chi connectivity index (χ1) is 8.61. The molecule has 0 unspecified atom stereocenters. The summed E-state index contributed by atoms with van der Waals surface area (Å²) in [6.45, 7) is 4.80. The van der Waals surface area contributed by atoms with Crippen LogP contribution in [0.5, 0.6) is 5.75 Å². The number of nitrogens with one attached hydrogen (secondary N) is 2. The SMILES string of the molecule is CC1(CNC(=O)c2ccncc2O)CCNCC1. The van der Waals surface area contributed by atoms with Gasteiger partial charge in [-0.2, -0.15) is 0 Å². The lowest BCUT2D eigenvalue weighted by Crippen LogP contribution is -2.42. The van der Waals surface area contributed by atoms with E-state index in [2.05, 4.69) is 22.5 Å². The van der Waals surface area contributed by atoms with Gasteiger partial charge in [-0.25, -0.2) is 0 Å². The molecule has 5 heteroatoms. The molecule has 5 nitrogen and oxygen atoms in total. The predicted octanol–water partition coefficient (Wildman–Crippen LogP) is 0.907. The van der Waals surface area contributed by atoms with Gasteiger partial charge >= 0.3 is 0 Å². The van der Waals surface area contributed by atoms with Crippen LogP contribution >= 0.6 is 0 Å². The summed E-state index contributed by atoms with van der Waals surface area (Å²) in [6.07, 6.45) is 4.88. The number of piperidine rings is 1. The molecule has 1 aliphatic heterocycles. The molecule has 1 aromatic heterocycles. The second-order valence-electron chi connectivity index (χ2n) is 5.14. The van der Waals surface area contributed by atoms with Crippen molar-refractivity contribution in [2.75, 3.05) is 19.6 Å². The van der Waals surface area contributed by atoms with Crippen LogP contribution in [0.15, 0.2) is 18.5 Å². The summed E-state index contributed by atoms with van der Waals surface area (Å²) in [5.74, 6) is -0.319. The van der Waals surface area contributed by atoms with Gasteiger partial charge in [0.15, 0.2) is 0 Å². The van der Waals surface area contributed by atoms with Crippen LogP contribution in [0.3, 0.4) is 0 Å². The molecule has 0 aliphatic carbocycles. The molecule has 0 aromatic carbocycles. The normalized spacial score (nSPS) is 18.3. The van der Waals surface area contributed by atoms with Gasteiger partial charge in [0.25, 0.3) is 5.91 Å². The lowest BCUT2D eigenvalue weighted by Gasteiger charge is -2.34. The van der Waals surface area contributed by atoms with E-state index in [0.29, 0.717) is 6.54 Å². The van der Waals surface area contributed by atoms with Crippen LogP contribution in [0.1, 0.15) is 30.1 Å². The number of aromatic nitrogens is 1. The van der Waals surface area contributed by atoms with Crippen molar-refractivity contribution < 1.29 is 9.90 Å². The van der Waals surface area contributed by atoms with E-state index in [1.165, 1.54) is 18.5 Å². The van der Waals surface area contributed by atoms with Crippen LogP contribution in [0.4, 0.5) is 0 Å². The Morgan fingerprint density at radius 1 is 1.56 bits per heavy atom. The summed E-state index contributed by atoms with van der Waals surface area (Å²) in [4.78, 5) is 15.7. The lowest BCUT2D eigenvalue weighted by atomic mass is 9.81. The molecule has 3 N–H and O–H groups in total. The van der Waals surface area contributed by atoms with E-state index < -0.39 is 0 Å². The van der Waals surface area contributed by atoms with Crippen LogP contribution in [0.2, 0.25) is 0 Å². The van der Waals surface area contributed by atoms with Gasteiger partial charge in [-0.3, -0.25) is 9.78 Å². The number of rotatable bonds is 3. The van der Waals surface area contributed by atoms with Gasteiger partial charge in [-0.1, -0.05) is 6.92 Å². The van der Waals surface area contributed by atoms with E-state index >= 15 is 0 Å². The largest absolute Gasteiger partial charge is 0.505 e. The molecule has 0 saturated carbocycles. The Labute approximate surface area is 107 Å². The van der Waals surface area contributed by atoms with Gasteiger partial charge in [-0.15, -0.1) is 0 Å². The zero-order chi connectivity index (χ0) is 13.0. The summed E-state index contributed by atoms with van der Waals surface area (Å²) in [6, 6.07) is 1.52. The Bertz CT molecular complexity index is 428. The third-order valence-electron chi connectivity index (χ3n) is 3.53. The van der Waals surface area contributed by atoms with Crippen molar-refractivity contribution in [3.63, 3.8) is 0 Å². The van der Waals surface area contributed by atoms with Gasteiger partial charge in [0.2, 0.25) is 0 Å². The van der Waals surface area contributed by atoms with Crippen LogP contribution < -0.4 is 10.6 Å². The summed E-state index contributed by atoms with van der Waals surface area (Å²) in [7, 11) is 0. The molecule has 0 bridgehead atoms. The highest BCUT2D eigenvalue weighted by Gasteiger charge is 2.27. The first-order valence-electron chi connectivity index (χ1n) is 6.23. The molecule has 1 fully saturated rings. The van der Waals surface area contributed by atoms with Crippen molar-refractivity contribution >= 4 is 5.91 Å². The highest BCUT2D eigenvalue weighted by Crippen LogP contribution is 2.27. The molecule has 2 rings (SSSR count). The smallest absolute Gasteiger partial charge is 0.255 e. The van der Waals surface area contributed by atoms with Crippen LogP contribution in [-0.2, 0) is 0 Å². The number of hydrogen-bond acceptors (Lipinski definition) is 4. The zero-order valence-corrected chi connectivity index (χ0v) is 10.6. The molecule has 98 valence electrons. The molecule has 1 aromatic rings. The highest BCUT2D eigenvalue weighted by molar-refractivity contribution is 5.96. The third kappa shape index (κ3) is 2.98. The second-order valence-corrected chi connectivity index (χ2v) is 5.14. The summed E-state index contributed by atoms with van der Waals surface area (Å²) in [5, 5.41) is 15.8. The number of carbonyl (C=O) groups excluding carboxylic acids is 1. The molecule has 0 spiro atoms. The van der Waals surface area contributed by atoms with Crippen molar-refractivity contribution in [2.24, 2.45) is 5.41 Å². The summed E-state index contributed by atoms with van der Waals surface area (Å²) in [5.41, 5.74) is 0.423. The monoisotopic (exact) mass is 249 g/mol. The average Bonchev–Trinajstić information content (AvgIpc) is 2.38. The van der Waals surface area contributed by atoms with Crippen LogP contribution in [-0.4, -0.2) is 35.6 Å². The average molecular weight is 249 g/mol. The van der Waals surface area contributed by atoms with Gasteiger partial charge in [0.1, 0.15) is 5.75 Å². The number of hydrogen-bond donors (Lipinski definition) is 3. The van der Waals surface area contributed by atoms with Crippen molar-refractivity contribution in [1.82, 2.24) is 15.6 Å². The first-order valence-corrected chi connectivity index (χ1v) is 6.23. The quantitative estimate of drug-likeness (QED) is 0.744. The second kappa shape index (κ2) is 5.35. The molecule has 1 aliphatic rings. The maximum Gasteiger partial charge on any atom is 0.255 e. The number of carbonyl (C=O) groups is 1. The minimum Gasteiger partial charge on any atom is -0.505 e. The molecule has 1 amide bonds. The number of nitrogens with zero attached hydrogens (tertiary/aromatic N) is 1. The van der Waals surface area contributed by atoms with Crippen molar-refractivity contribution in [2.45, 2.75) is 19.8 Å². The molecular weight excluding hydrogens is 230 g/mol. The molecule has 2 heterocycles. The Balaban J connectivity index is 1.94. The summed E-state index contributed by atoms with van der Waals surface area (Å²) >= 11 is 0. The Morgan fingerprint density at radius 3 is 2.94 bits per heavy atom. The van der Waals surface area contributed by atoms with Gasteiger partial charge in [0, 0.05) is 12.7 Å². The highest BCUT2D eigenvalue weighted by atomic mass is 16.3. The number of amides is 1. The van der Waals surface area contributed by atoms with E-state index in [4.69, 9.17) is 0 Å². The fraction of sp³-hybridized carbons (Fsp3) is 0.538. The fourth-order valence-corrected chi connectivity index (χ4v) is 2.17. The van der Waals surface area contributed by atoms with Crippen molar-refractivity contribution in [3.8, 4) is 5.75 Å². The molecule has 18 heavy (non-hydrogen) atoms. The molecule has 1 saturated heterocycles. The number of pyridine rings is 1. The van der Waals surface area contributed by atoms with Crippen LogP contribution in [0.25, 0.3) is 0 Å². The predicted molar refractivity (Wildman–Crippen MR) is 68.4 cm³/mol. The van der Waals surface area contributed by atoms with E-state index in [1.54, 1.807) is 0 Å². The van der Waals surface area contributed by atoms with E-state index in [-0.39, 0.29) is 22.6 Å². The van der Waals surface area contributed by atoms with E-state index in [1.807, 2.05) is 0 Å². The van der Waals surface area contributed by atoms with Crippen molar-refractivity contribution in [3.05, 3.63) is 24.0 Å². The molecular formula is C13H19N3O2. The maximum absolute atomic E-state index is 11.9. The van der Waals surface area contributed by atoms with E-state index in [0.717, 1.165) is 25.9 Å². The first kappa shape index (κ1) is 12.8. The topological polar surface area (TPSA) is 74.2 Å². The fourth-order valence-electron chi connectivity index (χ4n) is 2.17.